The summed E-state index contributed by atoms with van der Waals surface area (Å²) in [5.41, 5.74) is 0. The van der Waals surface area contributed by atoms with Gasteiger partial charge >= 0.3 is 0 Å². The first-order valence-corrected chi connectivity index (χ1v) is 7.45. The Morgan fingerprint density at radius 1 is 1.16 bits per heavy atom. The molecule has 5 nitrogen and oxygen atoms in total. The van der Waals surface area contributed by atoms with Crippen LogP contribution in [0.1, 0.15) is 43.8 Å². The van der Waals surface area contributed by atoms with Crippen LogP contribution in [0.5, 0.6) is 0 Å². The Kier molecular flexibility index (Phi) is 3.58. The number of rotatable bonds is 3. The minimum atomic E-state index is 0.642. The first kappa shape index (κ1) is 13.1. The van der Waals surface area contributed by atoms with E-state index in [1.54, 1.807) is 0 Å². The summed E-state index contributed by atoms with van der Waals surface area (Å²) in [6.07, 6.45) is 6.71. The topological polar surface area (TPSA) is 46.0 Å². The van der Waals surface area contributed by atoms with Crippen LogP contribution in [0, 0.1) is 6.92 Å². The molecule has 106 valence electrons. The first-order chi connectivity index (χ1) is 9.15. The Bertz CT molecular complexity index is 427. The van der Waals surface area contributed by atoms with Gasteiger partial charge in [0.2, 0.25) is 0 Å². The highest BCUT2D eigenvalue weighted by atomic mass is 15.3. The van der Waals surface area contributed by atoms with Crippen LogP contribution >= 0.6 is 0 Å². The zero-order valence-corrected chi connectivity index (χ0v) is 12.3. The van der Waals surface area contributed by atoms with E-state index in [2.05, 4.69) is 32.0 Å². The minimum absolute atomic E-state index is 0.642. The average Bonchev–Trinajstić information content (AvgIpc) is 2.68. The second-order valence-electron chi connectivity index (χ2n) is 6.18. The maximum absolute atomic E-state index is 4.23. The average molecular weight is 263 g/mol. The minimum Gasteiger partial charge on any atom is -0.317 e. The van der Waals surface area contributed by atoms with Crippen molar-refractivity contribution in [3.63, 3.8) is 0 Å². The predicted molar refractivity (Wildman–Crippen MR) is 74.8 cm³/mol. The molecule has 3 heterocycles. The lowest BCUT2D eigenvalue weighted by Crippen LogP contribution is -2.54. The summed E-state index contributed by atoms with van der Waals surface area (Å²) in [5.74, 6) is 2.03. The van der Waals surface area contributed by atoms with Gasteiger partial charge in [0.15, 0.2) is 0 Å². The lowest BCUT2D eigenvalue weighted by Gasteiger charge is -2.47. The summed E-state index contributed by atoms with van der Waals surface area (Å²) in [6.45, 7) is 2.83. The van der Waals surface area contributed by atoms with Crippen molar-refractivity contribution in [2.24, 2.45) is 7.05 Å². The van der Waals surface area contributed by atoms with Gasteiger partial charge in [-0.3, -0.25) is 0 Å². The molecule has 2 aliphatic heterocycles. The quantitative estimate of drug-likeness (QED) is 0.891. The second-order valence-corrected chi connectivity index (χ2v) is 6.18. The molecule has 0 spiro atoms. The van der Waals surface area contributed by atoms with E-state index in [1.165, 1.54) is 32.1 Å². The van der Waals surface area contributed by atoms with Gasteiger partial charge in [-0.25, -0.2) is 0 Å². The number of aryl methyl sites for hydroxylation is 1. The molecule has 0 radical (unpaired) electrons. The Hall–Kier alpha value is -0.940. The third kappa shape index (κ3) is 2.54. The van der Waals surface area contributed by atoms with Crippen molar-refractivity contribution in [3.8, 4) is 0 Å². The van der Waals surface area contributed by atoms with Crippen LogP contribution in [0.15, 0.2) is 0 Å². The molecule has 0 aliphatic carbocycles. The number of hydrogen-bond acceptors (Lipinski definition) is 4. The molecule has 1 N–H and O–H groups in total. The molecule has 1 aromatic rings. The van der Waals surface area contributed by atoms with Crippen LogP contribution < -0.4 is 5.32 Å². The molecule has 2 unspecified atom stereocenters. The van der Waals surface area contributed by atoms with E-state index in [-0.39, 0.29) is 0 Å². The van der Waals surface area contributed by atoms with E-state index in [4.69, 9.17) is 0 Å². The highest BCUT2D eigenvalue weighted by Gasteiger charge is 2.35. The summed E-state index contributed by atoms with van der Waals surface area (Å²) < 4.78 is 2.07. The highest BCUT2D eigenvalue weighted by molar-refractivity contribution is 4.96. The summed E-state index contributed by atoms with van der Waals surface area (Å²) >= 11 is 0. The number of fused-ring (bicyclic) bond motifs is 2. The zero-order valence-electron chi connectivity index (χ0n) is 12.3. The molecular weight excluding hydrogens is 238 g/mol. The van der Waals surface area contributed by atoms with Crippen molar-refractivity contribution >= 4 is 0 Å². The van der Waals surface area contributed by atoms with Crippen LogP contribution in [0.2, 0.25) is 0 Å². The third-order valence-corrected chi connectivity index (χ3v) is 5.07. The van der Waals surface area contributed by atoms with Gasteiger partial charge in [-0.05, 0) is 39.7 Å². The fourth-order valence-electron chi connectivity index (χ4n) is 3.62. The highest BCUT2D eigenvalue weighted by Crippen LogP contribution is 2.32. The van der Waals surface area contributed by atoms with E-state index in [0.29, 0.717) is 6.04 Å². The molecule has 2 atom stereocenters. The summed E-state index contributed by atoms with van der Waals surface area (Å²) in [6, 6.07) is 2.21. The Balaban J connectivity index is 1.58. The van der Waals surface area contributed by atoms with E-state index < -0.39 is 0 Å². The van der Waals surface area contributed by atoms with E-state index in [0.717, 1.165) is 30.3 Å². The molecule has 0 saturated carbocycles. The van der Waals surface area contributed by atoms with Gasteiger partial charge < -0.3 is 14.8 Å². The maximum Gasteiger partial charge on any atom is 0.146 e. The van der Waals surface area contributed by atoms with Crippen LogP contribution in [-0.4, -0.2) is 44.8 Å². The summed E-state index contributed by atoms with van der Waals surface area (Å²) in [4.78, 5) is 2.61. The molecule has 19 heavy (non-hydrogen) atoms. The van der Waals surface area contributed by atoms with E-state index in [9.17, 15) is 0 Å². The molecule has 2 fully saturated rings. The number of aromatic nitrogens is 3. The molecular formula is C14H25N5. The maximum atomic E-state index is 4.23. The monoisotopic (exact) mass is 263 g/mol. The van der Waals surface area contributed by atoms with Gasteiger partial charge in [0.05, 0.1) is 6.54 Å². The Morgan fingerprint density at radius 2 is 1.84 bits per heavy atom. The second kappa shape index (κ2) is 5.21. The van der Waals surface area contributed by atoms with Gasteiger partial charge in [0, 0.05) is 25.2 Å². The van der Waals surface area contributed by atoms with E-state index >= 15 is 0 Å². The first-order valence-electron chi connectivity index (χ1n) is 7.45. The molecule has 2 saturated heterocycles. The van der Waals surface area contributed by atoms with E-state index in [1.807, 2.05) is 14.0 Å². The lowest BCUT2D eigenvalue weighted by molar-refractivity contribution is 0.0480. The molecule has 2 bridgehead atoms. The van der Waals surface area contributed by atoms with Crippen LogP contribution in [0.25, 0.3) is 0 Å². The van der Waals surface area contributed by atoms with Crippen molar-refractivity contribution in [2.45, 2.75) is 63.7 Å². The smallest absolute Gasteiger partial charge is 0.146 e. The molecule has 3 rings (SSSR count). The predicted octanol–water partition coefficient (Wildman–Crippen LogP) is 1.23. The SMILES string of the molecule is Cc1nnc(CNC2CC3CCCC(C2)N3C)n1C. The van der Waals surface area contributed by atoms with Gasteiger partial charge in [-0.15, -0.1) is 10.2 Å². The molecule has 1 aromatic heterocycles. The molecule has 0 aromatic carbocycles. The summed E-state index contributed by atoms with van der Waals surface area (Å²) in [7, 11) is 4.34. The van der Waals surface area contributed by atoms with Crippen molar-refractivity contribution in [3.05, 3.63) is 11.6 Å². The van der Waals surface area contributed by atoms with Crippen molar-refractivity contribution in [1.29, 1.82) is 0 Å². The number of nitrogens with one attached hydrogen (secondary N) is 1. The van der Waals surface area contributed by atoms with Crippen molar-refractivity contribution in [2.75, 3.05) is 7.05 Å². The van der Waals surface area contributed by atoms with Gasteiger partial charge in [0.1, 0.15) is 11.6 Å². The normalized spacial score (nSPS) is 31.6. The van der Waals surface area contributed by atoms with Crippen molar-refractivity contribution < 1.29 is 0 Å². The lowest BCUT2D eigenvalue weighted by atomic mass is 9.82. The summed E-state index contributed by atoms with van der Waals surface area (Å²) in [5, 5.41) is 12.0. The largest absolute Gasteiger partial charge is 0.317 e. The molecule has 2 aliphatic rings. The van der Waals surface area contributed by atoms with Crippen LogP contribution in [0.4, 0.5) is 0 Å². The zero-order chi connectivity index (χ0) is 13.4. The fourth-order valence-corrected chi connectivity index (χ4v) is 3.62. The Morgan fingerprint density at radius 3 is 2.42 bits per heavy atom. The van der Waals surface area contributed by atoms with Gasteiger partial charge in [-0.1, -0.05) is 6.42 Å². The van der Waals surface area contributed by atoms with Gasteiger partial charge in [-0.2, -0.15) is 0 Å². The fraction of sp³-hybridized carbons (Fsp3) is 0.857. The van der Waals surface area contributed by atoms with Gasteiger partial charge in [0.25, 0.3) is 0 Å². The third-order valence-electron chi connectivity index (χ3n) is 5.07. The van der Waals surface area contributed by atoms with Crippen LogP contribution in [0.3, 0.4) is 0 Å². The Labute approximate surface area is 115 Å². The van der Waals surface area contributed by atoms with Crippen molar-refractivity contribution in [1.82, 2.24) is 25.0 Å². The molecule has 5 heteroatoms. The number of piperidine rings is 2. The number of nitrogens with zero attached hydrogens (tertiary/aromatic N) is 4. The number of hydrogen-bond donors (Lipinski definition) is 1. The standard InChI is InChI=1S/C14H25N5/c1-10-16-17-14(18(10)2)9-15-11-7-12-5-4-6-13(8-11)19(12)3/h11-13,15H,4-9H2,1-3H3. The van der Waals surface area contributed by atoms with Crippen LogP contribution in [-0.2, 0) is 13.6 Å². The molecule has 0 amide bonds.